The number of aliphatic imine (C=N–C) groups is 4. The molecule has 0 aliphatic rings. The van der Waals surface area contributed by atoms with E-state index in [4.69, 9.17) is 51.6 Å². The van der Waals surface area contributed by atoms with E-state index in [2.05, 4.69) is 30.6 Å². The lowest BCUT2D eigenvalue weighted by Gasteiger charge is -2.30. The summed E-state index contributed by atoms with van der Waals surface area (Å²) in [6.45, 7) is -0.385. The third-order valence-electron chi connectivity index (χ3n) is 8.60. The molecule has 366 valence electrons. The van der Waals surface area contributed by atoms with Gasteiger partial charge < -0.3 is 93.3 Å². The number of aliphatic hydroxyl groups excluding tert-OH is 1. The number of primary amides is 1. The molecule has 3 aromatic carbocycles. The Morgan fingerprint density at radius 2 is 1.04 bits per heavy atom. The van der Waals surface area contributed by atoms with Crippen LogP contribution in [0.15, 0.2) is 105 Å². The number of hydrogen-bond donors (Lipinski definition) is 16. The van der Waals surface area contributed by atoms with Crippen LogP contribution in [-0.4, -0.2) is 118 Å². The number of carboxylic acids is 1. The Labute approximate surface area is 389 Å². The van der Waals surface area contributed by atoms with Crippen molar-refractivity contribution < 1.29 is 48.7 Å². The van der Waals surface area contributed by atoms with Gasteiger partial charge >= 0.3 is 5.97 Å². The van der Waals surface area contributed by atoms with E-state index in [9.17, 15) is 53.9 Å². The van der Waals surface area contributed by atoms with Crippen molar-refractivity contribution in [1.82, 2.24) is 26.6 Å². The van der Waals surface area contributed by atoms with E-state index < -0.39 is 118 Å². The third kappa shape index (κ3) is 16.5. The number of anilines is 1. The number of nitro benzene ring substituents is 1. The van der Waals surface area contributed by atoms with Crippen molar-refractivity contribution >= 4 is 82.7 Å². The molecule has 69 heavy (non-hydrogen) atoms. The lowest BCUT2D eigenvalue weighted by Crippen LogP contribution is -2.58. The summed E-state index contributed by atoms with van der Waals surface area (Å²) in [5.41, 5.74) is 47.7. The summed E-state index contributed by atoms with van der Waals surface area (Å²) in [7, 11) is 0. The number of carboxylic acid groups (broad SMARTS) is 1. The molecule has 0 aliphatic carbocycles. The zero-order valence-electron chi connectivity index (χ0n) is 35.8. The highest BCUT2D eigenvalue weighted by Gasteiger charge is 2.35. The van der Waals surface area contributed by atoms with Crippen molar-refractivity contribution in [2.75, 3.05) is 11.4 Å². The maximum atomic E-state index is 14.1. The Morgan fingerprint density at radius 3 is 1.48 bits per heavy atom. The number of aromatic carboxylic acids is 1. The van der Waals surface area contributed by atoms with Crippen molar-refractivity contribution in [3.8, 4) is 0 Å². The highest BCUT2D eigenvalue weighted by atomic mass is 16.6. The van der Waals surface area contributed by atoms with Crippen LogP contribution in [0.25, 0.3) is 6.08 Å². The lowest BCUT2D eigenvalue weighted by atomic mass is 10.1. The van der Waals surface area contributed by atoms with Crippen LogP contribution in [0.4, 0.5) is 11.4 Å². The van der Waals surface area contributed by atoms with E-state index in [1.54, 1.807) is 42.5 Å². The number of nitrogens with two attached hydrogens (primary N) is 9. The van der Waals surface area contributed by atoms with E-state index in [1.165, 1.54) is 30.3 Å². The molecule has 0 aromatic heterocycles. The zero-order chi connectivity index (χ0) is 51.5. The highest BCUT2D eigenvalue weighted by Crippen LogP contribution is 2.28. The van der Waals surface area contributed by atoms with Crippen molar-refractivity contribution in [2.24, 2.45) is 71.6 Å². The van der Waals surface area contributed by atoms with Crippen LogP contribution in [0, 0.1) is 10.1 Å². The Morgan fingerprint density at radius 1 is 0.609 bits per heavy atom. The van der Waals surface area contributed by atoms with Crippen molar-refractivity contribution in [1.29, 1.82) is 0 Å². The van der Waals surface area contributed by atoms with Crippen LogP contribution in [-0.2, 0) is 28.8 Å². The first-order valence-corrected chi connectivity index (χ1v) is 19.4. The minimum atomic E-state index is -2.32. The predicted molar refractivity (Wildman–Crippen MR) is 246 cm³/mol. The Bertz CT molecular complexity index is 2540. The number of amides is 6. The van der Waals surface area contributed by atoms with Gasteiger partial charge in [-0.15, -0.1) is 0 Å². The Balaban J connectivity index is 2.00. The number of carbonyl (C=O) groups excluding carboxylic acids is 6. The van der Waals surface area contributed by atoms with Crippen LogP contribution in [0.5, 0.6) is 0 Å². The largest absolute Gasteiger partial charge is 0.478 e. The lowest BCUT2D eigenvalue weighted by molar-refractivity contribution is -0.384. The van der Waals surface area contributed by atoms with E-state index in [1.807, 2.05) is 16.0 Å². The fraction of sp³-hybridized carbons (Fsp3) is 0.184. The number of nitro groups is 1. The van der Waals surface area contributed by atoms with Gasteiger partial charge in [0.05, 0.1) is 16.2 Å². The van der Waals surface area contributed by atoms with Crippen molar-refractivity contribution in [3.05, 3.63) is 112 Å². The minimum absolute atomic E-state index is 0.0247. The molecule has 6 amide bonds. The summed E-state index contributed by atoms with van der Waals surface area (Å²) in [6.07, 6.45) is -7.68. The van der Waals surface area contributed by atoms with Gasteiger partial charge in [0.15, 0.2) is 23.8 Å². The zero-order valence-corrected chi connectivity index (χ0v) is 35.8. The minimum Gasteiger partial charge on any atom is -0.478 e. The Kier molecular flexibility index (Phi) is 19.2. The first-order chi connectivity index (χ1) is 32.5. The van der Waals surface area contributed by atoms with E-state index >= 15 is 0 Å². The molecule has 0 bridgehead atoms. The van der Waals surface area contributed by atoms with Gasteiger partial charge in [-0.05, 0) is 17.2 Å². The van der Waals surface area contributed by atoms with Gasteiger partial charge in [0.2, 0.25) is 36.8 Å². The second-order valence-corrected chi connectivity index (χ2v) is 13.7. The molecule has 0 fully saturated rings. The van der Waals surface area contributed by atoms with Crippen LogP contribution in [0.1, 0.15) is 27.5 Å². The average Bonchev–Trinajstić information content (AvgIpc) is 3.28. The molecule has 31 heteroatoms. The van der Waals surface area contributed by atoms with E-state index in [0.29, 0.717) is 5.56 Å². The first-order valence-electron chi connectivity index (χ1n) is 19.4. The van der Waals surface area contributed by atoms with E-state index in [-0.39, 0.29) is 17.8 Å². The standard InChI is InChI=1S/C38H48N20O11/c39-23(59)24(53-35(40)41)49-29(61)26(55-37(44)45)51-31(63)27(56-38(46)47)52-30(62)25(54-36(42)43)50-28(60)22(18-11-5-2-6-12-18)48-32(64)33(65)57(15-7-10-17-8-3-1-4-9-17)21-14-13-19(58(68)69)16-20(21)34(66)67/h1-14,16,22,24-27,33,65H,15H2,(H2,39,59)(H,48,64)(H,49,61)(H,50,60)(H,51,63)(H,52,62)(H,66,67)(H4,40,41,53)(H4,42,43,54)(H4,44,45,55)(H4,46,47,56). The molecule has 3 rings (SSSR count). The molecule has 0 heterocycles. The number of non-ortho nitro benzene ring substituents is 1. The SMILES string of the molecule is NC(=O)C(N=C(N)N)NC(=O)C(N=C(N)N)NC(=O)C(N=C(N)N)NC(=O)C(N=C(N)N)NC(=O)C(NC(=O)C(O)N(CC=Cc1ccccc1)c1ccc([N+](=O)[O-])cc1C(=O)O)c1ccccc1. The first kappa shape index (κ1) is 53.3. The number of nitrogens with one attached hydrogen (secondary N) is 5. The fourth-order valence-electron chi connectivity index (χ4n) is 5.65. The molecule has 6 atom stereocenters. The summed E-state index contributed by atoms with van der Waals surface area (Å²) in [6, 6.07) is 16.7. The number of guanidine groups is 4. The second kappa shape index (κ2) is 24.8. The van der Waals surface area contributed by atoms with Crippen molar-refractivity contribution in [3.63, 3.8) is 0 Å². The summed E-state index contributed by atoms with van der Waals surface area (Å²) in [5, 5.41) is 43.7. The van der Waals surface area contributed by atoms with E-state index in [0.717, 1.165) is 23.1 Å². The third-order valence-corrected chi connectivity index (χ3v) is 8.60. The summed E-state index contributed by atoms with van der Waals surface area (Å²) >= 11 is 0. The normalized spacial score (nSPS) is 13.2. The monoisotopic (exact) mass is 960 g/mol. The number of rotatable bonds is 23. The van der Waals surface area contributed by atoms with Gasteiger partial charge in [0.25, 0.3) is 35.2 Å². The quantitative estimate of drug-likeness (QED) is 0.0138. The molecule has 0 aliphatic heterocycles. The van der Waals surface area contributed by atoms with Crippen LogP contribution < -0.4 is 83.1 Å². The van der Waals surface area contributed by atoms with Crippen LogP contribution in [0.2, 0.25) is 0 Å². The topological polar surface area (TPSA) is 550 Å². The van der Waals surface area contributed by atoms with Gasteiger partial charge in [0, 0.05) is 18.7 Å². The molecule has 0 saturated carbocycles. The summed E-state index contributed by atoms with van der Waals surface area (Å²) in [4.78, 5) is 118. The Hall–Kier alpha value is -10.1. The number of carbonyl (C=O) groups is 7. The van der Waals surface area contributed by atoms with Crippen molar-refractivity contribution in [2.45, 2.75) is 36.9 Å². The molecule has 0 spiro atoms. The molecule has 0 saturated heterocycles. The molecule has 3 aromatic rings. The predicted octanol–water partition coefficient (Wildman–Crippen LogP) is -6.66. The highest BCUT2D eigenvalue weighted by molar-refractivity contribution is 6.00. The molecule has 6 unspecified atom stereocenters. The fourth-order valence-corrected chi connectivity index (χ4v) is 5.65. The molecule has 25 N–H and O–H groups in total. The van der Waals surface area contributed by atoms with Gasteiger partial charge in [0.1, 0.15) is 6.04 Å². The van der Waals surface area contributed by atoms with Gasteiger partial charge in [-0.25, -0.2) is 24.8 Å². The number of aliphatic hydroxyl groups is 1. The van der Waals surface area contributed by atoms with Gasteiger partial charge in [-0.2, -0.15) is 0 Å². The number of benzene rings is 3. The van der Waals surface area contributed by atoms with Crippen LogP contribution in [0.3, 0.4) is 0 Å². The number of nitrogens with zero attached hydrogens (tertiary/aromatic N) is 6. The summed E-state index contributed by atoms with van der Waals surface area (Å²) < 4.78 is 0. The average molecular weight is 961 g/mol. The smallest absolute Gasteiger partial charge is 0.338 e. The van der Waals surface area contributed by atoms with Crippen LogP contribution >= 0.6 is 0 Å². The number of hydrogen-bond acceptors (Lipinski definition) is 15. The second-order valence-electron chi connectivity index (χ2n) is 13.7. The molecular formula is C38H48N20O11. The maximum absolute atomic E-state index is 14.1. The van der Waals surface area contributed by atoms with Gasteiger partial charge in [-0.3, -0.25) is 38.9 Å². The molecule has 0 radical (unpaired) electrons. The van der Waals surface area contributed by atoms with Gasteiger partial charge in [-0.1, -0.05) is 72.8 Å². The maximum Gasteiger partial charge on any atom is 0.338 e. The molecular weight excluding hydrogens is 913 g/mol. The summed E-state index contributed by atoms with van der Waals surface area (Å²) in [5.74, 6) is -12.8. The molecule has 31 nitrogen and oxygen atoms in total.